The molecule has 3 unspecified atom stereocenters. The van der Waals surface area contributed by atoms with Crippen molar-refractivity contribution in [3.8, 4) is 0 Å². The molecule has 3 aliphatic heterocycles. The van der Waals surface area contributed by atoms with Crippen molar-refractivity contribution in [2.45, 2.75) is 38.9 Å². The number of nitrogens with zero attached hydrogens (tertiary/aromatic N) is 3. The molecule has 3 atom stereocenters. The average Bonchev–Trinajstić information content (AvgIpc) is 3.90. The number of amidine groups is 3. The van der Waals surface area contributed by atoms with E-state index in [1.165, 1.54) is 12.1 Å². The van der Waals surface area contributed by atoms with Gasteiger partial charge in [0.15, 0.2) is 0 Å². The fourth-order valence-corrected chi connectivity index (χ4v) is 6.01. The molecule has 0 spiro atoms. The van der Waals surface area contributed by atoms with Crippen LogP contribution in [0, 0.1) is 0 Å². The van der Waals surface area contributed by atoms with E-state index in [1.54, 1.807) is 42.5 Å². The third kappa shape index (κ3) is 8.82. The lowest BCUT2D eigenvalue weighted by Crippen LogP contribution is -2.24. The van der Waals surface area contributed by atoms with Crippen LogP contribution < -0.4 is 37.2 Å². The second-order valence-electron chi connectivity index (χ2n) is 13.1. The molecule has 4 aromatic carbocycles. The van der Waals surface area contributed by atoms with Crippen molar-refractivity contribution < 1.29 is 14.4 Å². The third-order valence-corrected chi connectivity index (χ3v) is 8.77. The molecule has 0 aromatic heterocycles. The van der Waals surface area contributed by atoms with Crippen LogP contribution in [0.1, 0.15) is 58.2 Å². The van der Waals surface area contributed by atoms with Gasteiger partial charge in [-0.2, -0.15) is 0 Å². The zero-order valence-corrected chi connectivity index (χ0v) is 30.3. The van der Waals surface area contributed by atoms with Gasteiger partial charge in [0.05, 0.1) is 29.4 Å². The number of halogens is 1. The SMILES string of the molecule is CC1CNC(c2ccc(NC(=O)Nc3cc(C(=O)Nc4ccc(C5=NC(C)CN5)cc4)ccc3C(=O)Nc3ccc(C4=NC(C)CN4)cc3)cc2)=N1.Cl. The molecular weight excluding hydrogens is 692 g/mol. The topological polar surface area (TPSA) is 172 Å². The van der Waals surface area contributed by atoms with Crippen molar-refractivity contribution >= 4 is 70.5 Å². The fourth-order valence-electron chi connectivity index (χ4n) is 6.01. The number of urea groups is 1. The molecule has 0 radical (unpaired) electrons. The summed E-state index contributed by atoms with van der Waals surface area (Å²) in [6, 6.07) is 26.6. The Bertz CT molecular complexity index is 2100. The molecule has 13 nitrogen and oxygen atoms in total. The van der Waals surface area contributed by atoms with Gasteiger partial charge in [0, 0.05) is 59.0 Å². The zero-order valence-electron chi connectivity index (χ0n) is 29.5. The van der Waals surface area contributed by atoms with E-state index in [-0.39, 0.29) is 47.3 Å². The van der Waals surface area contributed by atoms with Gasteiger partial charge in [0.25, 0.3) is 11.8 Å². The van der Waals surface area contributed by atoms with Crippen LogP contribution in [0.3, 0.4) is 0 Å². The van der Waals surface area contributed by atoms with Crippen molar-refractivity contribution in [1.82, 2.24) is 16.0 Å². The number of hydrogen-bond donors (Lipinski definition) is 7. The summed E-state index contributed by atoms with van der Waals surface area (Å²) in [5.74, 6) is 1.58. The van der Waals surface area contributed by atoms with Crippen LogP contribution in [0.15, 0.2) is 106 Å². The van der Waals surface area contributed by atoms with Gasteiger partial charge in [-0.1, -0.05) is 0 Å². The van der Waals surface area contributed by atoms with E-state index in [4.69, 9.17) is 0 Å². The highest BCUT2D eigenvalue weighted by Crippen LogP contribution is 2.23. The summed E-state index contributed by atoms with van der Waals surface area (Å²) in [5, 5.41) is 21.2. The monoisotopic (exact) mass is 732 g/mol. The highest BCUT2D eigenvalue weighted by molar-refractivity contribution is 6.14. The van der Waals surface area contributed by atoms with Crippen molar-refractivity contribution in [2.24, 2.45) is 15.0 Å². The molecule has 0 bridgehead atoms. The Kier molecular flexibility index (Phi) is 11.0. The van der Waals surface area contributed by atoms with Crippen LogP contribution in [0.2, 0.25) is 0 Å². The van der Waals surface area contributed by atoms with Crippen LogP contribution in [0.4, 0.5) is 27.5 Å². The maximum absolute atomic E-state index is 13.6. The maximum atomic E-state index is 13.6. The molecule has 272 valence electrons. The number of anilines is 4. The summed E-state index contributed by atoms with van der Waals surface area (Å²) < 4.78 is 0. The van der Waals surface area contributed by atoms with E-state index < -0.39 is 17.8 Å². The van der Waals surface area contributed by atoms with Gasteiger partial charge in [-0.3, -0.25) is 24.6 Å². The van der Waals surface area contributed by atoms with Crippen molar-refractivity contribution in [3.63, 3.8) is 0 Å². The van der Waals surface area contributed by atoms with Gasteiger partial charge in [-0.25, -0.2) is 4.79 Å². The van der Waals surface area contributed by atoms with Crippen LogP contribution in [0.25, 0.3) is 0 Å². The van der Waals surface area contributed by atoms with Gasteiger partial charge in [-0.05, 0) is 112 Å². The first kappa shape index (κ1) is 36.6. The highest BCUT2D eigenvalue weighted by Gasteiger charge is 2.20. The fraction of sp³-hybridized carbons (Fsp3) is 0.231. The molecule has 7 rings (SSSR count). The quantitative estimate of drug-likeness (QED) is 0.120. The van der Waals surface area contributed by atoms with E-state index in [0.29, 0.717) is 17.1 Å². The summed E-state index contributed by atoms with van der Waals surface area (Å²) in [4.78, 5) is 54.1. The predicted octanol–water partition coefficient (Wildman–Crippen LogP) is 5.47. The van der Waals surface area contributed by atoms with E-state index in [1.807, 2.05) is 57.2 Å². The number of aliphatic imine (C=N–C) groups is 3. The van der Waals surface area contributed by atoms with E-state index in [2.05, 4.69) is 52.2 Å². The lowest BCUT2D eigenvalue weighted by Gasteiger charge is -2.15. The molecule has 3 heterocycles. The number of hydrogen-bond acceptors (Lipinski definition) is 9. The van der Waals surface area contributed by atoms with Gasteiger partial charge >= 0.3 is 6.03 Å². The van der Waals surface area contributed by atoms with E-state index in [0.717, 1.165) is 53.8 Å². The normalized spacial score (nSPS) is 18.5. The Morgan fingerprint density at radius 2 is 0.925 bits per heavy atom. The minimum absolute atomic E-state index is 0. The number of carbonyl (C=O) groups is 3. The first-order valence-corrected chi connectivity index (χ1v) is 17.3. The molecular formula is C39H41ClN10O3. The molecule has 0 fully saturated rings. The molecule has 0 saturated carbocycles. The second kappa shape index (κ2) is 16.0. The number of nitrogens with one attached hydrogen (secondary N) is 7. The summed E-state index contributed by atoms with van der Waals surface area (Å²) in [7, 11) is 0. The third-order valence-electron chi connectivity index (χ3n) is 8.77. The smallest absolute Gasteiger partial charge is 0.323 e. The van der Waals surface area contributed by atoms with Gasteiger partial charge in [-0.15, -0.1) is 12.4 Å². The van der Waals surface area contributed by atoms with Crippen molar-refractivity contribution in [1.29, 1.82) is 0 Å². The molecule has 7 N–H and O–H groups in total. The lowest BCUT2D eigenvalue weighted by atomic mass is 10.1. The summed E-state index contributed by atoms with van der Waals surface area (Å²) in [5.41, 5.74) is 5.02. The van der Waals surface area contributed by atoms with Crippen LogP contribution in [-0.2, 0) is 0 Å². The Morgan fingerprint density at radius 1 is 0.528 bits per heavy atom. The Labute approximate surface area is 313 Å². The van der Waals surface area contributed by atoms with E-state index >= 15 is 0 Å². The zero-order chi connectivity index (χ0) is 36.2. The Balaban J connectivity index is 0.00000481. The van der Waals surface area contributed by atoms with Crippen LogP contribution in [0.5, 0.6) is 0 Å². The Morgan fingerprint density at radius 3 is 1.32 bits per heavy atom. The summed E-state index contributed by atoms with van der Waals surface area (Å²) in [6.45, 7) is 8.47. The Hall–Kier alpha value is -6.21. The first-order chi connectivity index (χ1) is 25.2. The molecule has 4 amide bonds. The summed E-state index contributed by atoms with van der Waals surface area (Å²) in [6.07, 6.45) is 0. The largest absolute Gasteiger partial charge is 0.368 e. The van der Waals surface area contributed by atoms with Crippen LogP contribution >= 0.6 is 12.4 Å². The maximum Gasteiger partial charge on any atom is 0.323 e. The predicted molar refractivity (Wildman–Crippen MR) is 214 cm³/mol. The van der Waals surface area contributed by atoms with Gasteiger partial charge in [0.1, 0.15) is 17.5 Å². The molecule has 4 aromatic rings. The molecule has 53 heavy (non-hydrogen) atoms. The number of carbonyl (C=O) groups excluding carboxylic acids is 3. The van der Waals surface area contributed by atoms with Crippen LogP contribution in [-0.4, -0.2) is 73.1 Å². The number of amides is 4. The molecule has 0 aliphatic carbocycles. The minimum Gasteiger partial charge on any atom is -0.368 e. The molecule has 0 saturated heterocycles. The van der Waals surface area contributed by atoms with Gasteiger partial charge in [0.2, 0.25) is 0 Å². The average molecular weight is 733 g/mol. The van der Waals surface area contributed by atoms with E-state index in [9.17, 15) is 14.4 Å². The first-order valence-electron chi connectivity index (χ1n) is 17.3. The second-order valence-corrected chi connectivity index (χ2v) is 13.1. The minimum atomic E-state index is -0.582. The standard InChI is InChI=1S/C39H40N10O3.ClH/c1-22-19-40-34(43-22)25-4-11-29(12-5-25)46-37(50)28-10-17-32(38(51)47-30-13-6-26(7-14-30)35-41-20-23(2)44-35)33(18-28)49-39(52)48-31-15-8-27(9-16-31)36-42-21-24(3)45-36;/h4-18,22-24H,19-21H2,1-3H3,(H,40,43)(H,41,44)(H,42,45)(H,46,50)(H,47,51)(H2,48,49,52);1H. The van der Waals surface area contributed by atoms with Crippen molar-refractivity contribution in [3.05, 3.63) is 119 Å². The summed E-state index contributed by atoms with van der Waals surface area (Å²) >= 11 is 0. The number of rotatable bonds is 9. The highest BCUT2D eigenvalue weighted by atomic mass is 35.5. The lowest BCUT2D eigenvalue weighted by molar-refractivity contribution is 0.101. The van der Waals surface area contributed by atoms with Crippen molar-refractivity contribution in [2.75, 3.05) is 40.9 Å². The van der Waals surface area contributed by atoms with Gasteiger partial charge < -0.3 is 37.2 Å². The molecule has 3 aliphatic rings. The molecule has 14 heteroatoms. The number of benzene rings is 4.